The third-order valence-electron chi connectivity index (χ3n) is 3.50. The van der Waals surface area contributed by atoms with E-state index in [-0.39, 0.29) is 5.69 Å². The molecule has 3 aromatic rings. The third kappa shape index (κ3) is 3.33. The molecule has 0 saturated carbocycles. The van der Waals surface area contributed by atoms with E-state index < -0.39 is 11.7 Å². The average molecular weight is 336 g/mol. The van der Waals surface area contributed by atoms with Gasteiger partial charge >= 0.3 is 6.18 Å². The number of fused-ring (bicyclic) bond motifs is 1. The van der Waals surface area contributed by atoms with Gasteiger partial charge in [0.1, 0.15) is 11.5 Å². The Balaban J connectivity index is 2.06. The number of methoxy groups -OCH3 is 1. The number of alkyl halides is 3. The van der Waals surface area contributed by atoms with Gasteiger partial charge in [-0.05, 0) is 24.3 Å². The van der Waals surface area contributed by atoms with E-state index in [9.17, 15) is 13.2 Å². The molecule has 0 aromatic carbocycles. The molecular formula is C16H15F3N4O. The molecule has 0 amide bonds. The van der Waals surface area contributed by atoms with Gasteiger partial charge in [0.25, 0.3) is 0 Å². The van der Waals surface area contributed by atoms with Crippen LogP contribution in [0.2, 0.25) is 0 Å². The molecule has 0 aliphatic rings. The molecule has 0 aliphatic carbocycles. The number of hydrogen-bond donors (Lipinski definition) is 2. The molecule has 0 atom stereocenters. The number of pyridine rings is 2. The van der Waals surface area contributed by atoms with Gasteiger partial charge in [0.2, 0.25) is 0 Å². The molecule has 0 unspecified atom stereocenters. The number of nitrogens with zero attached hydrogens (tertiary/aromatic N) is 2. The number of H-pyrrole nitrogens is 1. The van der Waals surface area contributed by atoms with Crippen LogP contribution in [0.5, 0.6) is 0 Å². The van der Waals surface area contributed by atoms with Crippen molar-refractivity contribution in [3.8, 4) is 11.3 Å². The van der Waals surface area contributed by atoms with E-state index in [4.69, 9.17) is 4.74 Å². The largest absolute Gasteiger partial charge is 0.416 e. The summed E-state index contributed by atoms with van der Waals surface area (Å²) in [4.78, 5) is 11.5. The number of ether oxygens (including phenoxy) is 1. The van der Waals surface area contributed by atoms with Crippen LogP contribution in [0.4, 0.5) is 19.0 Å². The highest BCUT2D eigenvalue weighted by Crippen LogP contribution is 2.33. The molecule has 2 N–H and O–H groups in total. The number of nitrogens with one attached hydrogen (secondary N) is 2. The van der Waals surface area contributed by atoms with Crippen LogP contribution in [0.1, 0.15) is 5.56 Å². The van der Waals surface area contributed by atoms with Gasteiger partial charge in [0, 0.05) is 37.0 Å². The normalized spacial score (nSPS) is 11.8. The molecule has 0 spiro atoms. The Labute approximate surface area is 135 Å². The summed E-state index contributed by atoms with van der Waals surface area (Å²) in [5.41, 5.74) is 0.660. The van der Waals surface area contributed by atoms with Crippen molar-refractivity contribution in [2.24, 2.45) is 0 Å². The molecule has 3 heterocycles. The molecule has 0 saturated heterocycles. The number of hydrogen-bond acceptors (Lipinski definition) is 4. The van der Waals surface area contributed by atoms with Crippen molar-refractivity contribution in [3.05, 3.63) is 42.2 Å². The Morgan fingerprint density at radius 3 is 2.83 bits per heavy atom. The lowest BCUT2D eigenvalue weighted by atomic mass is 10.1. The van der Waals surface area contributed by atoms with Crippen LogP contribution in [0, 0.1) is 0 Å². The Hall–Kier alpha value is -2.61. The zero-order valence-corrected chi connectivity index (χ0v) is 12.8. The maximum absolute atomic E-state index is 12.9. The molecule has 8 heteroatoms. The Morgan fingerprint density at radius 2 is 2.08 bits per heavy atom. The van der Waals surface area contributed by atoms with Crippen molar-refractivity contribution in [1.82, 2.24) is 15.0 Å². The first-order chi connectivity index (χ1) is 11.5. The molecule has 5 nitrogen and oxygen atoms in total. The summed E-state index contributed by atoms with van der Waals surface area (Å²) in [5, 5.41) is 3.78. The van der Waals surface area contributed by atoms with Crippen LogP contribution in [-0.4, -0.2) is 35.2 Å². The quantitative estimate of drug-likeness (QED) is 0.698. The SMILES string of the molecule is COCCNc1cc(-c2cc(C(F)(F)F)ccn2)c2cc[nH]c2n1. The molecular weight excluding hydrogens is 321 g/mol. The zero-order chi connectivity index (χ0) is 17.2. The molecule has 3 aromatic heterocycles. The number of anilines is 1. The van der Waals surface area contributed by atoms with Crippen molar-refractivity contribution in [3.63, 3.8) is 0 Å². The van der Waals surface area contributed by atoms with Gasteiger partial charge in [-0.1, -0.05) is 0 Å². The Morgan fingerprint density at radius 1 is 1.25 bits per heavy atom. The topological polar surface area (TPSA) is 62.8 Å². The predicted molar refractivity (Wildman–Crippen MR) is 84.7 cm³/mol. The zero-order valence-electron chi connectivity index (χ0n) is 12.8. The van der Waals surface area contributed by atoms with E-state index in [0.29, 0.717) is 35.6 Å². The van der Waals surface area contributed by atoms with Crippen molar-refractivity contribution in [2.75, 3.05) is 25.6 Å². The molecule has 0 aliphatic heterocycles. The van der Waals surface area contributed by atoms with Crippen LogP contribution >= 0.6 is 0 Å². The van der Waals surface area contributed by atoms with Gasteiger partial charge in [0.15, 0.2) is 0 Å². The summed E-state index contributed by atoms with van der Waals surface area (Å²) in [6.45, 7) is 1.02. The molecule has 3 rings (SSSR count). The lowest BCUT2D eigenvalue weighted by molar-refractivity contribution is -0.137. The van der Waals surface area contributed by atoms with E-state index in [0.717, 1.165) is 18.3 Å². The fourth-order valence-electron chi connectivity index (χ4n) is 2.38. The van der Waals surface area contributed by atoms with Gasteiger partial charge in [-0.2, -0.15) is 13.2 Å². The summed E-state index contributed by atoms with van der Waals surface area (Å²) in [7, 11) is 1.58. The van der Waals surface area contributed by atoms with E-state index in [2.05, 4.69) is 20.3 Å². The minimum atomic E-state index is -4.42. The summed E-state index contributed by atoms with van der Waals surface area (Å²) >= 11 is 0. The van der Waals surface area contributed by atoms with Crippen molar-refractivity contribution in [2.45, 2.75) is 6.18 Å². The standard InChI is InChI=1S/C16H15F3N4O/c1-24-7-6-21-14-9-12(11-3-5-22-15(11)23-14)13-8-10(2-4-20-13)16(17,18)19/h2-5,8-9H,6-7H2,1H3,(H2,21,22,23). The molecule has 24 heavy (non-hydrogen) atoms. The second-order valence-electron chi connectivity index (χ2n) is 5.14. The van der Waals surface area contributed by atoms with Crippen LogP contribution in [0.25, 0.3) is 22.3 Å². The van der Waals surface area contributed by atoms with Gasteiger partial charge in [0.05, 0.1) is 17.9 Å². The summed E-state index contributed by atoms with van der Waals surface area (Å²) in [6.07, 6.45) is -1.57. The maximum Gasteiger partial charge on any atom is 0.416 e. The van der Waals surface area contributed by atoms with E-state index in [1.54, 1.807) is 25.4 Å². The van der Waals surface area contributed by atoms with Crippen LogP contribution in [-0.2, 0) is 10.9 Å². The highest BCUT2D eigenvalue weighted by atomic mass is 19.4. The first-order valence-electron chi connectivity index (χ1n) is 7.23. The number of aromatic amines is 1. The van der Waals surface area contributed by atoms with E-state index in [1.165, 1.54) is 0 Å². The summed E-state index contributed by atoms with van der Waals surface area (Å²) in [5.74, 6) is 0.538. The monoisotopic (exact) mass is 336 g/mol. The highest BCUT2D eigenvalue weighted by Gasteiger charge is 2.31. The van der Waals surface area contributed by atoms with Crippen molar-refractivity contribution < 1.29 is 17.9 Å². The third-order valence-corrected chi connectivity index (χ3v) is 3.50. The van der Waals surface area contributed by atoms with Gasteiger partial charge in [-0.3, -0.25) is 4.98 Å². The predicted octanol–water partition coefficient (Wildman–Crippen LogP) is 3.70. The second-order valence-corrected chi connectivity index (χ2v) is 5.14. The lowest BCUT2D eigenvalue weighted by Gasteiger charge is -2.11. The number of rotatable bonds is 5. The van der Waals surface area contributed by atoms with Crippen LogP contribution in [0.15, 0.2) is 36.7 Å². The number of halogens is 3. The maximum atomic E-state index is 12.9. The smallest absolute Gasteiger partial charge is 0.383 e. The minimum Gasteiger partial charge on any atom is -0.383 e. The highest BCUT2D eigenvalue weighted by molar-refractivity contribution is 5.93. The summed E-state index contributed by atoms with van der Waals surface area (Å²) in [6, 6.07) is 5.45. The van der Waals surface area contributed by atoms with E-state index in [1.807, 2.05) is 0 Å². The second kappa shape index (κ2) is 6.48. The molecule has 0 bridgehead atoms. The number of aromatic nitrogens is 3. The van der Waals surface area contributed by atoms with Crippen LogP contribution < -0.4 is 5.32 Å². The van der Waals surface area contributed by atoms with Crippen molar-refractivity contribution in [1.29, 1.82) is 0 Å². The average Bonchev–Trinajstić information content (AvgIpc) is 3.02. The van der Waals surface area contributed by atoms with Crippen molar-refractivity contribution >= 4 is 16.9 Å². The Bertz CT molecular complexity index is 845. The fraction of sp³-hybridized carbons (Fsp3) is 0.250. The van der Waals surface area contributed by atoms with E-state index >= 15 is 0 Å². The van der Waals surface area contributed by atoms with Gasteiger partial charge in [-0.25, -0.2) is 4.98 Å². The molecule has 126 valence electrons. The first-order valence-corrected chi connectivity index (χ1v) is 7.23. The lowest BCUT2D eigenvalue weighted by Crippen LogP contribution is -2.09. The minimum absolute atomic E-state index is 0.242. The molecule has 0 radical (unpaired) electrons. The van der Waals surface area contributed by atoms with Gasteiger partial charge < -0.3 is 15.0 Å². The Kier molecular flexibility index (Phi) is 4.39. The van der Waals surface area contributed by atoms with Crippen LogP contribution in [0.3, 0.4) is 0 Å². The molecule has 0 fully saturated rings. The van der Waals surface area contributed by atoms with Gasteiger partial charge in [-0.15, -0.1) is 0 Å². The fourth-order valence-corrected chi connectivity index (χ4v) is 2.38. The summed E-state index contributed by atoms with van der Waals surface area (Å²) < 4.78 is 43.8. The first kappa shape index (κ1) is 16.3.